The first-order valence-corrected chi connectivity index (χ1v) is 17.1. The van der Waals surface area contributed by atoms with E-state index in [4.69, 9.17) is 19.0 Å². The fourth-order valence-electron chi connectivity index (χ4n) is 4.65. The van der Waals surface area contributed by atoms with E-state index in [1.807, 2.05) is 36.4 Å². The van der Waals surface area contributed by atoms with Crippen molar-refractivity contribution in [1.82, 2.24) is 10.3 Å². The third-order valence-electron chi connectivity index (χ3n) is 7.01. The summed E-state index contributed by atoms with van der Waals surface area (Å²) in [5.74, 6) is 0.558. The van der Waals surface area contributed by atoms with E-state index >= 15 is 0 Å². The third-order valence-corrected chi connectivity index (χ3v) is 7.49. The van der Waals surface area contributed by atoms with Gasteiger partial charge in [0, 0.05) is 24.4 Å². The Hall–Kier alpha value is -2.51. The zero-order valence-corrected chi connectivity index (χ0v) is 26.2. The maximum atomic E-state index is 12.6. The lowest BCUT2D eigenvalue weighted by Gasteiger charge is -2.19. The largest absolute Gasteiger partial charge is 0.489 e. The number of nitrogens with zero attached hydrogens (tertiary/aromatic N) is 1. The number of phosphoric ester groups is 1. The van der Waals surface area contributed by atoms with Gasteiger partial charge in [-0.05, 0) is 62.3 Å². The lowest BCUT2D eigenvalue weighted by atomic mass is 10.1. The summed E-state index contributed by atoms with van der Waals surface area (Å²) in [6, 6.07) is 10.6. The lowest BCUT2D eigenvalue weighted by Crippen LogP contribution is -2.39. The fourth-order valence-corrected chi connectivity index (χ4v) is 5.03. The Kier molecular flexibility index (Phi) is 18.8. The van der Waals surface area contributed by atoms with Gasteiger partial charge in [-0.3, -0.25) is 14.3 Å². The summed E-state index contributed by atoms with van der Waals surface area (Å²) >= 11 is 0. The number of nitrogens with one attached hydrogen (secondary N) is 1. The molecule has 8 nitrogen and oxygen atoms in total. The second-order valence-corrected chi connectivity index (χ2v) is 12.1. The highest BCUT2D eigenvalue weighted by atomic mass is 31.2. The predicted octanol–water partition coefficient (Wildman–Crippen LogP) is 7.83. The number of hydrogen-bond donors (Lipinski definition) is 3. The lowest BCUT2D eigenvalue weighted by molar-refractivity contribution is -0.122. The molecule has 0 bridgehead atoms. The van der Waals surface area contributed by atoms with Gasteiger partial charge in [0.1, 0.15) is 12.4 Å². The Bertz CT molecular complexity index is 1040. The number of pyridine rings is 1. The van der Waals surface area contributed by atoms with Crippen LogP contribution in [-0.2, 0) is 26.9 Å². The Morgan fingerprint density at radius 1 is 0.905 bits per heavy atom. The zero-order valence-electron chi connectivity index (χ0n) is 25.3. The van der Waals surface area contributed by atoms with Crippen LogP contribution in [-0.4, -0.2) is 33.3 Å². The van der Waals surface area contributed by atoms with E-state index in [2.05, 4.69) is 29.4 Å². The summed E-state index contributed by atoms with van der Waals surface area (Å²) in [6.07, 6.45) is 24.4. The molecule has 1 aromatic heterocycles. The van der Waals surface area contributed by atoms with Crippen molar-refractivity contribution < 1.29 is 28.4 Å². The molecular weight excluding hydrogens is 551 g/mol. The zero-order chi connectivity index (χ0) is 30.3. The molecule has 0 saturated carbocycles. The monoisotopic (exact) mass is 602 g/mol. The smallest absolute Gasteiger partial charge is 0.469 e. The predicted molar refractivity (Wildman–Crippen MR) is 168 cm³/mol. The summed E-state index contributed by atoms with van der Waals surface area (Å²) in [5, 5.41) is 2.89. The van der Waals surface area contributed by atoms with Crippen LogP contribution in [0.1, 0.15) is 108 Å². The number of hydrogen-bond acceptors (Lipinski definition) is 5. The second-order valence-electron chi connectivity index (χ2n) is 10.9. The van der Waals surface area contributed by atoms with Crippen LogP contribution < -0.4 is 10.1 Å². The number of aromatic nitrogens is 1. The average molecular weight is 603 g/mol. The van der Waals surface area contributed by atoms with Crippen molar-refractivity contribution in [2.24, 2.45) is 0 Å². The molecular formula is C33H51N2O6P. The molecule has 0 fully saturated rings. The molecule has 0 unspecified atom stereocenters. The normalized spacial score (nSPS) is 12.5. The fraction of sp³-hybridized carbons (Fsp3) is 0.576. The Morgan fingerprint density at radius 3 is 2.17 bits per heavy atom. The molecule has 2 aromatic rings. The molecule has 42 heavy (non-hydrogen) atoms. The van der Waals surface area contributed by atoms with Crippen LogP contribution >= 0.6 is 7.82 Å². The highest BCUT2D eigenvalue weighted by Crippen LogP contribution is 2.35. The van der Waals surface area contributed by atoms with Gasteiger partial charge in [0.25, 0.3) is 0 Å². The second kappa shape index (κ2) is 22.1. The quantitative estimate of drug-likeness (QED) is 0.0636. The minimum atomic E-state index is -4.65. The number of carbonyl (C=O) groups is 1. The standard InChI is InChI=1S/C33H51N2O6P/c1-2-3-4-5-6-7-8-9-10-11-12-13-14-15-16-19-33(36)35-31(28-41-42(37,38)39)25-29-20-22-32(23-21-29)40-27-30-18-17-24-34-26-30/h9-10,17-18,20-24,26,31H,2-8,11-16,19,25,27-28H2,1H3,(H,35,36)(H2,37,38,39)/t31-/m1/s1. The number of unbranched alkanes of at least 4 members (excludes halogenated alkanes) is 11. The van der Waals surface area contributed by atoms with E-state index in [-0.39, 0.29) is 12.5 Å². The Morgan fingerprint density at radius 2 is 1.55 bits per heavy atom. The molecule has 0 saturated heterocycles. The molecule has 0 aliphatic rings. The highest BCUT2D eigenvalue weighted by molar-refractivity contribution is 7.46. The minimum absolute atomic E-state index is 0.136. The number of carbonyl (C=O) groups excluding carboxylic acids is 1. The van der Waals surface area contributed by atoms with E-state index in [1.54, 1.807) is 12.4 Å². The average Bonchev–Trinajstić information content (AvgIpc) is 2.97. The van der Waals surface area contributed by atoms with Gasteiger partial charge < -0.3 is 19.8 Å². The van der Waals surface area contributed by atoms with Crippen LogP contribution in [0.4, 0.5) is 0 Å². The number of allylic oxidation sites excluding steroid dienone is 2. The van der Waals surface area contributed by atoms with Gasteiger partial charge in [0.2, 0.25) is 5.91 Å². The van der Waals surface area contributed by atoms with Crippen LogP contribution in [0.3, 0.4) is 0 Å². The van der Waals surface area contributed by atoms with Gasteiger partial charge in [-0.1, -0.05) is 88.6 Å². The first kappa shape index (κ1) is 35.7. The van der Waals surface area contributed by atoms with E-state index in [9.17, 15) is 9.36 Å². The van der Waals surface area contributed by atoms with Crippen LogP contribution in [0.15, 0.2) is 60.9 Å². The van der Waals surface area contributed by atoms with Crippen LogP contribution in [0, 0.1) is 0 Å². The van der Waals surface area contributed by atoms with E-state index in [1.165, 1.54) is 51.4 Å². The third kappa shape index (κ3) is 18.8. The molecule has 1 heterocycles. The first-order chi connectivity index (χ1) is 20.4. The molecule has 0 aliphatic heterocycles. The number of phosphoric acid groups is 1. The summed E-state index contributed by atoms with van der Waals surface area (Å²) in [5.41, 5.74) is 1.86. The number of rotatable bonds is 24. The highest BCUT2D eigenvalue weighted by Gasteiger charge is 2.20. The van der Waals surface area contributed by atoms with E-state index in [0.717, 1.165) is 43.2 Å². The van der Waals surface area contributed by atoms with Crippen molar-refractivity contribution in [3.63, 3.8) is 0 Å². The van der Waals surface area contributed by atoms with Crippen LogP contribution in [0.25, 0.3) is 0 Å². The molecule has 2 rings (SSSR count). The van der Waals surface area contributed by atoms with Crippen LogP contribution in [0.5, 0.6) is 5.75 Å². The van der Waals surface area contributed by atoms with Gasteiger partial charge in [-0.15, -0.1) is 0 Å². The Labute approximate surface area is 252 Å². The summed E-state index contributed by atoms with van der Waals surface area (Å²) in [7, 11) is -4.65. The summed E-state index contributed by atoms with van der Waals surface area (Å²) in [6.45, 7) is 2.37. The maximum absolute atomic E-state index is 12.6. The van der Waals surface area contributed by atoms with Gasteiger partial charge in [0.15, 0.2) is 0 Å². The number of amides is 1. The molecule has 9 heteroatoms. The van der Waals surface area contributed by atoms with Crippen LogP contribution in [0.2, 0.25) is 0 Å². The Balaban J connectivity index is 1.63. The SMILES string of the molecule is CCCCCCCCC=CCCCCCCCC(=O)N[C@@H](COP(=O)(O)O)Cc1ccc(OCc2cccnc2)cc1. The summed E-state index contributed by atoms with van der Waals surface area (Å²) < 4.78 is 21.8. The number of benzene rings is 1. The number of ether oxygens (including phenoxy) is 1. The maximum Gasteiger partial charge on any atom is 0.469 e. The molecule has 1 amide bonds. The van der Waals surface area contributed by atoms with Crippen molar-refractivity contribution in [1.29, 1.82) is 0 Å². The summed E-state index contributed by atoms with van der Waals surface area (Å²) in [4.78, 5) is 35.0. The van der Waals surface area contributed by atoms with Crippen molar-refractivity contribution in [2.75, 3.05) is 6.61 Å². The van der Waals surface area contributed by atoms with Gasteiger partial charge in [-0.25, -0.2) is 4.57 Å². The molecule has 0 aliphatic carbocycles. The molecule has 0 spiro atoms. The first-order valence-electron chi connectivity index (χ1n) is 15.6. The molecule has 1 atom stereocenters. The molecule has 1 aromatic carbocycles. The van der Waals surface area contributed by atoms with E-state index in [0.29, 0.717) is 25.2 Å². The molecule has 0 radical (unpaired) electrons. The van der Waals surface area contributed by atoms with Crippen molar-refractivity contribution in [3.8, 4) is 5.75 Å². The molecule has 234 valence electrons. The minimum Gasteiger partial charge on any atom is -0.489 e. The van der Waals surface area contributed by atoms with Gasteiger partial charge in [-0.2, -0.15) is 0 Å². The van der Waals surface area contributed by atoms with E-state index < -0.39 is 13.9 Å². The topological polar surface area (TPSA) is 118 Å². The van der Waals surface area contributed by atoms with Gasteiger partial charge in [0.05, 0.1) is 12.6 Å². The van der Waals surface area contributed by atoms with Crippen molar-refractivity contribution in [3.05, 3.63) is 72.1 Å². The molecule has 3 N–H and O–H groups in total. The van der Waals surface area contributed by atoms with Crippen molar-refractivity contribution >= 4 is 13.7 Å². The van der Waals surface area contributed by atoms with Crippen molar-refractivity contribution in [2.45, 2.75) is 116 Å². The van der Waals surface area contributed by atoms with Gasteiger partial charge >= 0.3 is 7.82 Å².